The minimum atomic E-state index is -0.368. The number of aromatic nitrogens is 2. The van der Waals surface area contributed by atoms with Crippen LogP contribution in [-0.4, -0.2) is 15.6 Å². The van der Waals surface area contributed by atoms with Crippen molar-refractivity contribution in [1.82, 2.24) is 14.9 Å². The third-order valence-corrected chi connectivity index (χ3v) is 4.23. The van der Waals surface area contributed by atoms with Gasteiger partial charge in [-0.15, -0.1) is 0 Å². The van der Waals surface area contributed by atoms with Crippen molar-refractivity contribution in [3.63, 3.8) is 0 Å². The molecule has 1 aromatic heterocycles. The molecule has 2 unspecified atom stereocenters. The summed E-state index contributed by atoms with van der Waals surface area (Å²) < 4.78 is 15.3. The Morgan fingerprint density at radius 2 is 2.30 bits per heavy atom. The molecular formula is C15H17ClFN3. The van der Waals surface area contributed by atoms with Crippen LogP contribution < -0.4 is 5.32 Å². The molecule has 1 heterocycles. The molecule has 0 aliphatic heterocycles. The number of rotatable bonds is 4. The number of benzene rings is 1. The molecule has 0 amide bonds. The molecule has 1 aromatic carbocycles. The van der Waals surface area contributed by atoms with Gasteiger partial charge in [-0.2, -0.15) is 0 Å². The summed E-state index contributed by atoms with van der Waals surface area (Å²) in [6.07, 6.45) is 9.23. The predicted octanol–water partition coefficient (Wildman–Crippen LogP) is 3.56. The molecule has 2 aromatic rings. The Labute approximate surface area is 122 Å². The Kier molecular flexibility index (Phi) is 4.03. The zero-order valence-electron chi connectivity index (χ0n) is 11.1. The molecule has 3 rings (SSSR count). The number of imidazole rings is 1. The van der Waals surface area contributed by atoms with Crippen LogP contribution in [0.15, 0.2) is 36.9 Å². The predicted molar refractivity (Wildman–Crippen MR) is 77.2 cm³/mol. The molecule has 1 N–H and O–H groups in total. The van der Waals surface area contributed by atoms with Gasteiger partial charge in [0.1, 0.15) is 5.82 Å². The highest BCUT2D eigenvalue weighted by atomic mass is 35.5. The van der Waals surface area contributed by atoms with Crippen molar-refractivity contribution in [2.75, 3.05) is 0 Å². The molecule has 1 aliphatic carbocycles. The lowest BCUT2D eigenvalue weighted by Crippen LogP contribution is -2.33. The zero-order chi connectivity index (χ0) is 13.9. The topological polar surface area (TPSA) is 29.9 Å². The molecule has 0 bridgehead atoms. The number of halogens is 2. The van der Waals surface area contributed by atoms with E-state index in [1.54, 1.807) is 12.1 Å². The van der Waals surface area contributed by atoms with Gasteiger partial charge in [-0.25, -0.2) is 9.37 Å². The van der Waals surface area contributed by atoms with Gasteiger partial charge in [0.05, 0.1) is 11.3 Å². The van der Waals surface area contributed by atoms with Crippen molar-refractivity contribution in [2.24, 2.45) is 0 Å². The molecule has 1 fully saturated rings. The largest absolute Gasteiger partial charge is 0.333 e. The first-order chi connectivity index (χ1) is 9.74. The standard InChI is InChI=1S/C15H17ClFN3/c16-12-8-11(4-5-13(12)17)9-19-14-2-1-3-15(14)20-7-6-18-10-20/h4-8,10,14-15,19H,1-3,9H2. The third kappa shape index (κ3) is 2.86. The molecule has 0 spiro atoms. The highest BCUT2D eigenvalue weighted by molar-refractivity contribution is 6.30. The van der Waals surface area contributed by atoms with Crippen LogP contribution in [0.5, 0.6) is 0 Å². The smallest absolute Gasteiger partial charge is 0.141 e. The Balaban J connectivity index is 1.64. The summed E-state index contributed by atoms with van der Waals surface area (Å²) in [4.78, 5) is 4.12. The van der Waals surface area contributed by atoms with Gasteiger partial charge in [-0.3, -0.25) is 0 Å². The van der Waals surface area contributed by atoms with Crippen molar-refractivity contribution >= 4 is 11.6 Å². The van der Waals surface area contributed by atoms with Gasteiger partial charge >= 0.3 is 0 Å². The monoisotopic (exact) mass is 293 g/mol. The second-order valence-corrected chi connectivity index (χ2v) is 5.65. The fraction of sp³-hybridized carbons (Fsp3) is 0.400. The van der Waals surface area contributed by atoms with E-state index in [9.17, 15) is 4.39 Å². The first kappa shape index (κ1) is 13.6. The lowest BCUT2D eigenvalue weighted by molar-refractivity contribution is 0.390. The van der Waals surface area contributed by atoms with Crippen molar-refractivity contribution in [3.05, 3.63) is 53.3 Å². The van der Waals surface area contributed by atoms with Gasteiger partial charge in [-0.1, -0.05) is 17.7 Å². The summed E-state index contributed by atoms with van der Waals surface area (Å²) in [5, 5.41) is 3.74. The van der Waals surface area contributed by atoms with E-state index in [2.05, 4.69) is 14.9 Å². The van der Waals surface area contributed by atoms with E-state index in [1.807, 2.05) is 18.7 Å². The van der Waals surface area contributed by atoms with Crippen LogP contribution in [0.3, 0.4) is 0 Å². The lowest BCUT2D eigenvalue weighted by Gasteiger charge is -2.22. The second kappa shape index (κ2) is 5.94. The third-order valence-electron chi connectivity index (χ3n) is 3.94. The molecule has 0 radical (unpaired) electrons. The molecule has 5 heteroatoms. The average Bonchev–Trinajstić information content (AvgIpc) is 3.09. The van der Waals surface area contributed by atoms with Gasteiger partial charge in [0.25, 0.3) is 0 Å². The minimum Gasteiger partial charge on any atom is -0.333 e. The Morgan fingerprint density at radius 3 is 3.05 bits per heavy atom. The Bertz CT molecular complexity index is 571. The number of nitrogens with one attached hydrogen (secondary N) is 1. The molecule has 1 saturated carbocycles. The number of nitrogens with zero attached hydrogens (tertiary/aromatic N) is 2. The van der Waals surface area contributed by atoms with Crippen molar-refractivity contribution in [1.29, 1.82) is 0 Å². The van der Waals surface area contributed by atoms with Crippen LogP contribution in [-0.2, 0) is 6.54 Å². The molecular weight excluding hydrogens is 277 g/mol. The first-order valence-corrected chi connectivity index (χ1v) is 7.26. The maximum atomic E-state index is 13.1. The summed E-state index contributed by atoms with van der Waals surface area (Å²) in [6.45, 7) is 0.704. The van der Waals surface area contributed by atoms with Gasteiger partial charge < -0.3 is 9.88 Å². The summed E-state index contributed by atoms with van der Waals surface area (Å²) in [6, 6.07) is 5.75. The lowest BCUT2D eigenvalue weighted by atomic mass is 10.1. The quantitative estimate of drug-likeness (QED) is 0.934. The second-order valence-electron chi connectivity index (χ2n) is 5.24. The summed E-state index contributed by atoms with van der Waals surface area (Å²) in [7, 11) is 0. The van der Waals surface area contributed by atoms with Crippen LogP contribution in [0.1, 0.15) is 30.9 Å². The molecule has 0 saturated heterocycles. The first-order valence-electron chi connectivity index (χ1n) is 6.89. The minimum absolute atomic E-state index is 0.182. The van der Waals surface area contributed by atoms with Crippen LogP contribution in [0.25, 0.3) is 0 Å². The summed E-state index contributed by atoms with van der Waals surface area (Å²) in [5.74, 6) is -0.368. The highest BCUT2D eigenvalue weighted by Gasteiger charge is 2.27. The SMILES string of the molecule is Fc1ccc(CNC2CCCC2n2ccnc2)cc1Cl. The van der Waals surface area contributed by atoms with Crippen molar-refractivity contribution in [2.45, 2.75) is 37.9 Å². The summed E-state index contributed by atoms with van der Waals surface area (Å²) in [5.41, 5.74) is 1.01. The average molecular weight is 294 g/mol. The van der Waals surface area contributed by atoms with Gasteiger partial charge in [0.15, 0.2) is 0 Å². The van der Waals surface area contributed by atoms with Crippen LogP contribution in [0.2, 0.25) is 5.02 Å². The van der Waals surface area contributed by atoms with E-state index >= 15 is 0 Å². The molecule has 20 heavy (non-hydrogen) atoms. The Morgan fingerprint density at radius 1 is 1.40 bits per heavy atom. The highest BCUT2D eigenvalue weighted by Crippen LogP contribution is 2.30. The maximum Gasteiger partial charge on any atom is 0.141 e. The molecule has 1 aliphatic rings. The van der Waals surface area contributed by atoms with Crippen molar-refractivity contribution in [3.8, 4) is 0 Å². The van der Waals surface area contributed by atoms with Crippen molar-refractivity contribution < 1.29 is 4.39 Å². The fourth-order valence-electron chi connectivity index (χ4n) is 2.90. The molecule has 3 nitrogen and oxygen atoms in total. The molecule has 106 valence electrons. The van der Waals surface area contributed by atoms with E-state index < -0.39 is 0 Å². The summed E-state index contributed by atoms with van der Waals surface area (Å²) >= 11 is 5.80. The van der Waals surface area contributed by atoms with Gasteiger partial charge in [-0.05, 0) is 37.0 Å². The fourth-order valence-corrected chi connectivity index (χ4v) is 3.10. The van der Waals surface area contributed by atoms with Gasteiger partial charge in [0, 0.05) is 31.0 Å². The zero-order valence-corrected chi connectivity index (χ0v) is 11.9. The number of hydrogen-bond acceptors (Lipinski definition) is 2. The van der Waals surface area contributed by atoms with E-state index in [1.165, 1.54) is 12.5 Å². The van der Waals surface area contributed by atoms with E-state index in [-0.39, 0.29) is 10.8 Å². The normalized spacial score (nSPS) is 22.3. The van der Waals surface area contributed by atoms with E-state index in [0.717, 1.165) is 18.4 Å². The van der Waals surface area contributed by atoms with Crippen LogP contribution >= 0.6 is 11.6 Å². The molecule has 2 atom stereocenters. The maximum absolute atomic E-state index is 13.1. The van der Waals surface area contributed by atoms with Crippen LogP contribution in [0, 0.1) is 5.82 Å². The van der Waals surface area contributed by atoms with E-state index in [0.29, 0.717) is 18.6 Å². The van der Waals surface area contributed by atoms with Gasteiger partial charge in [0.2, 0.25) is 0 Å². The Hall–Kier alpha value is -1.39. The van der Waals surface area contributed by atoms with E-state index in [4.69, 9.17) is 11.6 Å². The number of hydrogen-bond donors (Lipinski definition) is 1. The van der Waals surface area contributed by atoms with Crippen LogP contribution in [0.4, 0.5) is 4.39 Å².